The van der Waals surface area contributed by atoms with Crippen LogP contribution < -0.4 is 5.32 Å². The van der Waals surface area contributed by atoms with Crippen LogP contribution in [0.2, 0.25) is 5.02 Å². The lowest BCUT2D eigenvalue weighted by Gasteiger charge is -2.35. The van der Waals surface area contributed by atoms with Gasteiger partial charge in [-0.3, -0.25) is 4.79 Å². The second-order valence-corrected chi connectivity index (χ2v) is 6.63. The summed E-state index contributed by atoms with van der Waals surface area (Å²) in [7, 11) is 1.32. The summed E-state index contributed by atoms with van der Waals surface area (Å²) in [6, 6.07) is 3.23. The van der Waals surface area contributed by atoms with Crippen molar-refractivity contribution in [3.8, 4) is 0 Å². The fourth-order valence-corrected chi connectivity index (χ4v) is 3.35. The Morgan fingerprint density at radius 1 is 1.48 bits per heavy atom. The minimum Gasteiger partial charge on any atom is -0.469 e. The number of hydrogen-bond donors (Lipinski definition) is 2. The Kier molecular flexibility index (Phi) is 5.95. The average molecular weight is 395 g/mol. The first kappa shape index (κ1) is 19.2. The van der Waals surface area contributed by atoms with Crippen LogP contribution in [0.3, 0.4) is 0 Å². The standard InChI is InChI=1S/C18H20ClFN4O3/c1-27-15(25)3-2-7-21-18(26)24-8-6-14-16(23-10-22-14)17(24)12-9-11(19)4-5-13(12)20/h4-5,9-10,17H,2-3,6-8H2,1H3,(H,21,26)(H,22,23)/t17-/m1/s1. The molecular formula is C18H20ClFN4O3. The second-order valence-electron chi connectivity index (χ2n) is 6.19. The maximum Gasteiger partial charge on any atom is 0.318 e. The van der Waals surface area contributed by atoms with E-state index in [0.29, 0.717) is 42.2 Å². The summed E-state index contributed by atoms with van der Waals surface area (Å²) in [6.45, 7) is 0.706. The van der Waals surface area contributed by atoms with Crippen LogP contribution in [0.5, 0.6) is 0 Å². The van der Waals surface area contributed by atoms with Crippen LogP contribution in [0.25, 0.3) is 0 Å². The Morgan fingerprint density at radius 2 is 2.30 bits per heavy atom. The van der Waals surface area contributed by atoms with E-state index in [9.17, 15) is 14.0 Å². The molecule has 2 heterocycles. The van der Waals surface area contributed by atoms with Crippen molar-refractivity contribution in [2.24, 2.45) is 0 Å². The second kappa shape index (κ2) is 8.39. The maximum absolute atomic E-state index is 14.5. The van der Waals surface area contributed by atoms with Crippen molar-refractivity contribution in [2.75, 3.05) is 20.2 Å². The molecule has 0 saturated heterocycles. The van der Waals surface area contributed by atoms with Crippen molar-refractivity contribution in [3.63, 3.8) is 0 Å². The SMILES string of the molecule is COC(=O)CCCNC(=O)N1CCc2[nH]cnc2[C@H]1c1cc(Cl)ccc1F. The predicted octanol–water partition coefficient (Wildman–Crippen LogP) is 2.81. The topological polar surface area (TPSA) is 87.3 Å². The first-order valence-corrected chi connectivity index (χ1v) is 8.97. The molecule has 0 aliphatic carbocycles. The molecule has 2 amide bonds. The first-order valence-electron chi connectivity index (χ1n) is 8.59. The van der Waals surface area contributed by atoms with E-state index in [0.717, 1.165) is 5.69 Å². The van der Waals surface area contributed by atoms with Crippen molar-refractivity contribution in [1.29, 1.82) is 0 Å². The molecule has 0 saturated carbocycles. The van der Waals surface area contributed by atoms with E-state index in [4.69, 9.17) is 11.6 Å². The molecule has 144 valence electrons. The van der Waals surface area contributed by atoms with E-state index in [1.807, 2.05) is 0 Å². The highest BCUT2D eigenvalue weighted by atomic mass is 35.5. The minimum absolute atomic E-state index is 0.215. The number of carbonyl (C=O) groups excluding carboxylic acids is 2. The summed E-state index contributed by atoms with van der Waals surface area (Å²) in [5.74, 6) is -0.786. The van der Waals surface area contributed by atoms with E-state index >= 15 is 0 Å². The van der Waals surface area contributed by atoms with Gasteiger partial charge in [0.15, 0.2) is 0 Å². The lowest BCUT2D eigenvalue weighted by atomic mass is 9.95. The number of fused-ring (bicyclic) bond motifs is 1. The molecule has 0 radical (unpaired) electrons. The van der Waals surface area contributed by atoms with Gasteiger partial charge in [-0.1, -0.05) is 11.6 Å². The molecule has 1 aliphatic rings. The number of rotatable bonds is 5. The van der Waals surface area contributed by atoms with E-state index in [2.05, 4.69) is 20.0 Å². The smallest absolute Gasteiger partial charge is 0.318 e. The Morgan fingerprint density at radius 3 is 3.07 bits per heavy atom. The quantitative estimate of drug-likeness (QED) is 0.603. The molecule has 0 spiro atoms. The molecule has 1 atom stereocenters. The highest BCUT2D eigenvalue weighted by Gasteiger charge is 2.35. The zero-order chi connectivity index (χ0) is 19.4. The number of methoxy groups -OCH3 is 1. The van der Waals surface area contributed by atoms with Gasteiger partial charge in [-0.15, -0.1) is 0 Å². The molecular weight excluding hydrogens is 375 g/mol. The van der Waals surface area contributed by atoms with E-state index in [1.165, 1.54) is 36.5 Å². The van der Waals surface area contributed by atoms with Gasteiger partial charge in [0, 0.05) is 42.2 Å². The van der Waals surface area contributed by atoms with Crippen LogP contribution in [-0.2, 0) is 16.0 Å². The molecule has 3 rings (SSSR count). The number of hydrogen-bond acceptors (Lipinski definition) is 4. The van der Waals surface area contributed by atoms with Gasteiger partial charge >= 0.3 is 12.0 Å². The number of esters is 1. The highest BCUT2D eigenvalue weighted by Crippen LogP contribution is 2.35. The van der Waals surface area contributed by atoms with Crippen LogP contribution in [0.1, 0.15) is 35.8 Å². The third-order valence-corrected chi connectivity index (χ3v) is 4.74. The summed E-state index contributed by atoms with van der Waals surface area (Å²) in [5, 5.41) is 3.16. The van der Waals surface area contributed by atoms with Gasteiger partial charge in [-0.25, -0.2) is 14.2 Å². The van der Waals surface area contributed by atoms with Gasteiger partial charge in [0.2, 0.25) is 0 Å². The third kappa shape index (κ3) is 4.21. The lowest BCUT2D eigenvalue weighted by Crippen LogP contribution is -2.46. The molecule has 1 aromatic carbocycles. The Hall–Kier alpha value is -2.61. The number of urea groups is 1. The number of ether oxygens (including phenoxy) is 1. The van der Waals surface area contributed by atoms with E-state index < -0.39 is 11.9 Å². The number of aromatic amines is 1. The molecule has 7 nitrogen and oxygen atoms in total. The summed E-state index contributed by atoms with van der Waals surface area (Å²) < 4.78 is 19.1. The fraction of sp³-hybridized carbons (Fsp3) is 0.389. The van der Waals surface area contributed by atoms with Crippen LogP contribution in [0.4, 0.5) is 9.18 Å². The van der Waals surface area contributed by atoms with E-state index in [-0.39, 0.29) is 18.4 Å². The van der Waals surface area contributed by atoms with E-state index in [1.54, 1.807) is 0 Å². The first-order chi connectivity index (χ1) is 13.0. The van der Waals surface area contributed by atoms with Crippen LogP contribution in [0.15, 0.2) is 24.5 Å². The van der Waals surface area contributed by atoms with Crippen LogP contribution in [0, 0.1) is 5.82 Å². The van der Waals surface area contributed by atoms with Gasteiger partial charge < -0.3 is 19.9 Å². The fourth-order valence-electron chi connectivity index (χ4n) is 3.17. The third-order valence-electron chi connectivity index (χ3n) is 4.50. The molecule has 0 fully saturated rings. The average Bonchev–Trinajstić information content (AvgIpc) is 3.14. The Bertz CT molecular complexity index is 842. The predicted molar refractivity (Wildman–Crippen MR) is 96.9 cm³/mol. The normalized spacial score (nSPS) is 16.0. The van der Waals surface area contributed by atoms with Gasteiger partial charge in [-0.05, 0) is 24.6 Å². The van der Waals surface area contributed by atoms with Crippen molar-refractivity contribution < 1.29 is 18.7 Å². The number of imidazole rings is 1. The number of benzene rings is 1. The van der Waals surface area contributed by atoms with Gasteiger partial charge in [-0.2, -0.15) is 0 Å². The summed E-state index contributed by atoms with van der Waals surface area (Å²) >= 11 is 6.05. The highest BCUT2D eigenvalue weighted by molar-refractivity contribution is 6.30. The van der Waals surface area contributed by atoms with Gasteiger partial charge in [0.1, 0.15) is 11.9 Å². The van der Waals surface area contributed by atoms with Crippen LogP contribution in [-0.4, -0.2) is 47.1 Å². The number of amides is 2. The monoisotopic (exact) mass is 394 g/mol. The summed E-state index contributed by atoms with van der Waals surface area (Å²) in [5.41, 5.74) is 1.77. The zero-order valence-corrected chi connectivity index (χ0v) is 15.6. The maximum atomic E-state index is 14.5. The van der Waals surface area contributed by atoms with Crippen molar-refractivity contribution >= 4 is 23.6 Å². The Labute approximate surface area is 160 Å². The number of halogens is 2. The summed E-state index contributed by atoms with van der Waals surface area (Å²) in [4.78, 5) is 32.8. The molecule has 9 heteroatoms. The van der Waals surface area contributed by atoms with Crippen molar-refractivity contribution in [2.45, 2.75) is 25.3 Å². The zero-order valence-electron chi connectivity index (χ0n) is 14.8. The molecule has 2 aromatic rings. The van der Waals surface area contributed by atoms with Gasteiger partial charge in [0.05, 0.1) is 19.1 Å². The molecule has 27 heavy (non-hydrogen) atoms. The molecule has 2 N–H and O–H groups in total. The molecule has 1 aliphatic heterocycles. The van der Waals surface area contributed by atoms with Crippen LogP contribution >= 0.6 is 11.6 Å². The molecule has 0 unspecified atom stereocenters. The molecule has 1 aromatic heterocycles. The number of carbonyl (C=O) groups is 2. The van der Waals surface area contributed by atoms with Crippen molar-refractivity contribution in [3.05, 3.63) is 52.3 Å². The Balaban J connectivity index is 1.80. The number of H-pyrrole nitrogens is 1. The number of nitrogens with one attached hydrogen (secondary N) is 2. The lowest BCUT2D eigenvalue weighted by molar-refractivity contribution is -0.140. The largest absolute Gasteiger partial charge is 0.469 e. The number of nitrogens with zero attached hydrogens (tertiary/aromatic N) is 2. The van der Waals surface area contributed by atoms with Gasteiger partial charge in [0.25, 0.3) is 0 Å². The number of aromatic nitrogens is 2. The molecule has 0 bridgehead atoms. The van der Waals surface area contributed by atoms with Crippen molar-refractivity contribution in [1.82, 2.24) is 20.2 Å². The minimum atomic E-state index is -0.681. The summed E-state index contributed by atoms with van der Waals surface area (Å²) in [6.07, 6.45) is 2.80.